The zero-order valence-corrected chi connectivity index (χ0v) is 19.4. The second kappa shape index (κ2) is 8.62. The summed E-state index contributed by atoms with van der Waals surface area (Å²) in [5.41, 5.74) is 2.23. The summed E-state index contributed by atoms with van der Waals surface area (Å²) in [4.78, 5) is 12.6. The molecule has 2 aliphatic heterocycles. The number of allylic oxidation sites excluding steroid dienone is 1. The van der Waals surface area contributed by atoms with Crippen molar-refractivity contribution < 1.29 is 23.7 Å². The first-order valence-electron chi connectivity index (χ1n) is 12.1. The molecule has 0 aromatic heterocycles. The molecule has 2 fully saturated rings. The van der Waals surface area contributed by atoms with E-state index in [2.05, 4.69) is 38.2 Å². The largest absolute Gasteiger partial charge is 0.454 e. The topological polar surface area (TPSA) is 66.0 Å². The molecule has 32 heavy (non-hydrogen) atoms. The minimum absolute atomic E-state index is 0.0487. The average molecular weight is 442 g/mol. The fourth-order valence-electron chi connectivity index (χ4n) is 6.30. The highest BCUT2D eigenvalue weighted by molar-refractivity contribution is 5.67. The van der Waals surface area contributed by atoms with E-state index in [0.717, 1.165) is 29.9 Å². The van der Waals surface area contributed by atoms with Crippen molar-refractivity contribution in [2.24, 2.45) is 23.2 Å². The molecule has 2 aliphatic carbocycles. The molecule has 1 aromatic rings. The predicted octanol–water partition coefficient (Wildman–Crippen LogP) is 5.38. The van der Waals surface area contributed by atoms with Crippen molar-refractivity contribution in [2.45, 2.75) is 65.0 Å². The zero-order chi connectivity index (χ0) is 22.3. The van der Waals surface area contributed by atoms with E-state index in [4.69, 9.17) is 18.9 Å². The normalized spacial score (nSPS) is 34.0. The summed E-state index contributed by atoms with van der Waals surface area (Å²) in [5, 5.41) is 3.08. The minimum Gasteiger partial charge on any atom is -0.454 e. The van der Waals surface area contributed by atoms with Gasteiger partial charge in [0.05, 0.1) is 12.7 Å². The molecule has 1 amide bonds. The van der Waals surface area contributed by atoms with Crippen LogP contribution in [-0.4, -0.2) is 32.1 Å². The molecule has 1 N–H and O–H groups in total. The van der Waals surface area contributed by atoms with Gasteiger partial charge in [0.2, 0.25) is 6.79 Å². The van der Waals surface area contributed by atoms with E-state index in [1.54, 1.807) is 0 Å². The van der Waals surface area contributed by atoms with Crippen LogP contribution in [0.2, 0.25) is 0 Å². The highest BCUT2D eigenvalue weighted by Crippen LogP contribution is 2.56. The van der Waals surface area contributed by atoms with Crippen LogP contribution in [0.15, 0.2) is 29.8 Å². The fourth-order valence-corrected chi connectivity index (χ4v) is 6.30. The number of rotatable bonds is 4. The lowest BCUT2D eigenvalue weighted by Crippen LogP contribution is -2.55. The van der Waals surface area contributed by atoms with Crippen LogP contribution in [0.3, 0.4) is 0 Å². The van der Waals surface area contributed by atoms with Gasteiger partial charge in [0.15, 0.2) is 11.5 Å². The Labute approximate surface area is 190 Å². The van der Waals surface area contributed by atoms with Gasteiger partial charge in [-0.25, -0.2) is 4.79 Å². The summed E-state index contributed by atoms with van der Waals surface area (Å²) in [6, 6.07) is 6.35. The first-order valence-corrected chi connectivity index (χ1v) is 12.1. The lowest BCUT2D eigenvalue weighted by Gasteiger charge is -2.55. The number of amides is 1. The smallest absolute Gasteiger partial charge is 0.407 e. The van der Waals surface area contributed by atoms with Gasteiger partial charge in [-0.15, -0.1) is 0 Å². The van der Waals surface area contributed by atoms with Crippen LogP contribution in [-0.2, 0) is 9.47 Å². The second-order valence-corrected chi connectivity index (χ2v) is 10.1. The maximum absolute atomic E-state index is 12.6. The standard InChI is InChI=1S/C26H35NO5/c1-16-11-17(2)26(14-30-25(28)27-20-7-5-4-6-8-20)13-29-24(23(16)18(26)3)19-9-10-21-22(12-19)32-15-31-21/h9-12,17-18,20,23-24H,4-8,13-15H2,1-3H3,(H,27,28)/t17-,18-,23+,24+,26-/m0/s1. The number of hydrogen-bond acceptors (Lipinski definition) is 5. The molecule has 6 heteroatoms. The van der Waals surface area contributed by atoms with E-state index in [0.29, 0.717) is 19.1 Å². The Balaban J connectivity index is 1.32. The summed E-state index contributed by atoms with van der Waals surface area (Å²) in [6.45, 7) is 7.93. The van der Waals surface area contributed by atoms with Crippen molar-refractivity contribution in [1.82, 2.24) is 5.32 Å². The molecule has 1 aromatic carbocycles. The van der Waals surface area contributed by atoms with Gasteiger partial charge in [-0.1, -0.05) is 50.8 Å². The van der Waals surface area contributed by atoms with Crippen LogP contribution in [0, 0.1) is 23.2 Å². The third-order valence-corrected chi connectivity index (χ3v) is 8.37. The lowest BCUT2D eigenvalue weighted by atomic mass is 9.56. The van der Waals surface area contributed by atoms with E-state index in [9.17, 15) is 4.79 Å². The molecule has 5 atom stereocenters. The van der Waals surface area contributed by atoms with Crippen LogP contribution >= 0.6 is 0 Å². The number of nitrogens with one attached hydrogen (secondary N) is 1. The van der Waals surface area contributed by atoms with E-state index in [-0.39, 0.29) is 42.3 Å². The fraction of sp³-hybridized carbons (Fsp3) is 0.654. The van der Waals surface area contributed by atoms with Gasteiger partial charge in [-0.3, -0.25) is 0 Å². The number of alkyl carbamates (subject to hydrolysis) is 1. The maximum atomic E-state index is 12.6. The van der Waals surface area contributed by atoms with Gasteiger partial charge >= 0.3 is 6.09 Å². The molecule has 5 rings (SSSR count). The van der Waals surface area contributed by atoms with Crippen LogP contribution in [0.5, 0.6) is 11.5 Å². The van der Waals surface area contributed by atoms with Crippen molar-refractivity contribution in [3.05, 3.63) is 35.4 Å². The van der Waals surface area contributed by atoms with Gasteiger partial charge in [0, 0.05) is 17.4 Å². The van der Waals surface area contributed by atoms with E-state index in [1.807, 2.05) is 12.1 Å². The molecule has 0 radical (unpaired) electrons. The highest BCUT2D eigenvalue weighted by Gasteiger charge is 2.54. The van der Waals surface area contributed by atoms with Crippen molar-refractivity contribution in [3.63, 3.8) is 0 Å². The Morgan fingerprint density at radius 1 is 1.16 bits per heavy atom. The third kappa shape index (κ3) is 3.76. The molecule has 1 saturated heterocycles. The van der Waals surface area contributed by atoms with E-state index in [1.165, 1.54) is 24.8 Å². The summed E-state index contributed by atoms with van der Waals surface area (Å²) in [5.74, 6) is 2.38. The molecule has 6 nitrogen and oxygen atoms in total. The van der Waals surface area contributed by atoms with Crippen LogP contribution < -0.4 is 14.8 Å². The molecular formula is C26H35NO5. The molecule has 4 aliphatic rings. The Kier molecular flexibility index (Phi) is 5.82. The van der Waals surface area contributed by atoms with Crippen LogP contribution in [0.1, 0.15) is 64.5 Å². The van der Waals surface area contributed by atoms with E-state index < -0.39 is 0 Å². The monoisotopic (exact) mass is 441 g/mol. The predicted molar refractivity (Wildman–Crippen MR) is 121 cm³/mol. The van der Waals surface area contributed by atoms with Gasteiger partial charge in [-0.2, -0.15) is 0 Å². The lowest BCUT2D eigenvalue weighted by molar-refractivity contribution is -0.165. The van der Waals surface area contributed by atoms with Crippen molar-refractivity contribution >= 4 is 6.09 Å². The Bertz CT molecular complexity index is 892. The second-order valence-electron chi connectivity index (χ2n) is 10.1. The number of carbonyl (C=O) groups is 1. The minimum atomic E-state index is -0.286. The van der Waals surface area contributed by atoms with Gasteiger partial charge in [0.25, 0.3) is 0 Å². The third-order valence-electron chi connectivity index (χ3n) is 8.37. The molecule has 2 bridgehead atoms. The quantitative estimate of drug-likeness (QED) is 0.636. The van der Waals surface area contributed by atoms with E-state index >= 15 is 0 Å². The SMILES string of the molecule is CC1=C[C@H](C)[C@@]2(COC(=O)NC3CCCCC3)CO[C@H](c3ccc4c(c3)OCO4)[C@H]1[C@@H]2C. The summed E-state index contributed by atoms with van der Waals surface area (Å²) in [7, 11) is 0. The Morgan fingerprint density at radius 3 is 2.75 bits per heavy atom. The number of carbonyl (C=O) groups excluding carboxylic acids is 1. The molecule has 0 spiro atoms. The van der Waals surface area contributed by atoms with Gasteiger partial charge in [-0.05, 0) is 49.3 Å². The molecule has 174 valence electrons. The average Bonchev–Trinajstić information content (AvgIpc) is 3.25. The number of fused-ring (bicyclic) bond motifs is 3. The molecular weight excluding hydrogens is 406 g/mol. The maximum Gasteiger partial charge on any atom is 0.407 e. The summed E-state index contributed by atoms with van der Waals surface area (Å²) >= 11 is 0. The van der Waals surface area contributed by atoms with Crippen LogP contribution in [0.4, 0.5) is 4.79 Å². The first kappa shape index (κ1) is 21.6. The van der Waals surface area contributed by atoms with Gasteiger partial charge in [0.1, 0.15) is 6.61 Å². The summed E-state index contributed by atoms with van der Waals surface area (Å²) < 4.78 is 23.5. The Hall–Kier alpha value is -2.21. The molecule has 2 heterocycles. The van der Waals surface area contributed by atoms with Crippen LogP contribution in [0.25, 0.3) is 0 Å². The first-order chi connectivity index (χ1) is 15.5. The number of benzene rings is 1. The zero-order valence-electron chi connectivity index (χ0n) is 19.4. The molecule has 1 saturated carbocycles. The van der Waals surface area contributed by atoms with Crippen molar-refractivity contribution in [1.29, 1.82) is 0 Å². The number of hydrogen-bond donors (Lipinski definition) is 1. The molecule has 0 unspecified atom stereocenters. The Morgan fingerprint density at radius 2 is 1.94 bits per heavy atom. The highest BCUT2D eigenvalue weighted by atomic mass is 16.7. The summed E-state index contributed by atoms with van der Waals surface area (Å²) in [6.07, 6.45) is 7.76. The van der Waals surface area contributed by atoms with Crippen molar-refractivity contribution in [3.8, 4) is 11.5 Å². The van der Waals surface area contributed by atoms with Crippen molar-refractivity contribution in [2.75, 3.05) is 20.0 Å². The van der Waals surface area contributed by atoms with Gasteiger partial charge < -0.3 is 24.3 Å². The number of ether oxygens (including phenoxy) is 4.